The summed E-state index contributed by atoms with van der Waals surface area (Å²) in [5.74, 6) is 2.48. The Bertz CT molecular complexity index is 960. The molecule has 1 fully saturated rings. The monoisotopic (exact) mass is 567 g/mol. The average molecular weight is 568 g/mol. The zero-order valence-electron chi connectivity index (χ0n) is 19.4. The lowest BCUT2D eigenvalue weighted by Gasteiger charge is -2.39. The maximum atomic E-state index is 9.61. The molecule has 0 bridgehead atoms. The molecule has 9 heteroatoms. The second kappa shape index (κ2) is 11.8. The number of guanidine groups is 1. The highest BCUT2D eigenvalue weighted by atomic mass is 127. The molecule has 0 radical (unpaired) electrons. The first-order valence-corrected chi connectivity index (χ1v) is 11.8. The van der Waals surface area contributed by atoms with Gasteiger partial charge in [0.15, 0.2) is 5.96 Å². The molecule has 3 rings (SSSR count). The van der Waals surface area contributed by atoms with Crippen LogP contribution in [0.1, 0.15) is 44.0 Å². The molecular weight excluding hydrogens is 533 g/mol. The van der Waals surface area contributed by atoms with Gasteiger partial charge >= 0.3 is 0 Å². The van der Waals surface area contributed by atoms with Crippen LogP contribution in [-0.2, 0) is 6.42 Å². The number of anilines is 1. The van der Waals surface area contributed by atoms with E-state index in [0.717, 1.165) is 49.1 Å². The van der Waals surface area contributed by atoms with Crippen LogP contribution >= 0.6 is 35.7 Å². The van der Waals surface area contributed by atoms with Crippen LogP contribution in [0, 0.1) is 18.3 Å². The summed E-state index contributed by atoms with van der Waals surface area (Å²) in [6.45, 7) is 12.2. The van der Waals surface area contributed by atoms with E-state index in [1.54, 1.807) is 4.68 Å². The summed E-state index contributed by atoms with van der Waals surface area (Å²) in [5, 5.41) is 17.7. The highest BCUT2D eigenvalue weighted by molar-refractivity contribution is 14.0. The molecule has 0 spiro atoms. The highest BCUT2D eigenvalue weighted by Gasteiger charge is 2.28. The normalized spacial score (nSPS) is 15.7. The van der Waals surface area contributed by atoms with Crippen molar-refractivity contribution in [3.05, 3.63) is 41.1 Å². The molecule has 1 aliphatic rings. The van der Waals surface area contributed by atoms with Crippen molar-refractivity contribution >= 4 is 47.5 Å². The lowest BCUT2D eigenvalue weighted by Crippen LogP contribution is -2.51. The summed E-state index contributed by atoms with van der Waals surface area (Å²) in [5.41, 5.74) is 9.46. The van der Waals surface area contributed by atoms with Crippen molar-refractivity contribution < 1.29 is 0 Å². The summed E-state index contributed by atoms with van der Waals surface area (Å²) in [6.07, 6.45) is 1.47. The van der Waals surface area contributed by atoms with Crippen LogP contribution in [0.25, 0.3) is 5.69 Å². The summed E-state index contributed by atoms with van der Waals surface area (Å²) in [6, 6.07) is 10.2. The van der Waals surface area contributed by atoms with Crippen molar-refractivity contribution in [1.82, 2.24) is 20.0 Å². The number of aryl methyl sites for hydroxylation is 2. The van der Waals surface area contributed by atoms with Crippen molar-refractivity contribution in [3.63, 3.8) is 0 Å². The molecule has 0 amide bonds. The van der Waals surface area contributed by atoms with Crippen molar-refractivity contribution in [2.45, 2.75) is 45.3 Å². The van der Waals surface area contributed by atoms with E-state index in [9.17, 15) is 5.26 Å². The summed E-state index contributed by atoms with van der Waals surface area (Å²) in [7, 11) is 0. The number of nitrogen functional groups attached to an aromatic ring is 1. The number of halogens is 1. The molecule has 0 unspecified atom stereocenters. The fourth-order valence-electron chi connectivity index (χ4n) is 3.71. The van der Waals surface area contributed by atoms with E-state index in [-0.39, 0.29) is 28.7 Å². The van der Waals surface area contributed by atoms with Gasteiger partial charge in [0, 0.05) is 36.7 Å². The van der Waals surface area contributed by atoms with Gasteiger partial charge in [-0.15, -0.1) is 24.0 Å². The standard InChI is InChI=1S/C23H33N7S.HI/c1-5-26-22(29-13-14-31-23(3,4)16-29)27-12-6-7-20-19(15-24)21(25)30(28-20)18-10-8-17(2)9-11-18;/h8-11H,5-7,12-14,16,25H2,1-4H3,(H,26,27);1H. The van der Waals surface area contributed by atoms with Crippen LogP contribution in [0.3, 0.4) is 0 Å². The quantitative estimate of drug-likeness (QED) is 0.238. The van der Waals surface area contributed by atoms with Gasteiger partial charge in [0.1, 0.15) is 17.5 Å². The maximum absolute atomic E-state index is 9.61. The van der Waals surface area contributed by atoms with E-state index in [2.05, 4.69) is 42.2 Å². The molecule has 2 aromatic rings. The lowest BCUT2D eigenvalue weighted by molar-refractivity contribution is 0.376. The van der Waals surface area contributed by atoms with Gasteiger partial charge in [-0.25, -0.2) is 4.68 Å². The molecule has 174 valence electrons. The van der Waals surface area contributed by atoms with Gasteiger partial charge < -0.3 is 16.0 Å². The van der Waals surface area contributed by atoms with Gasteiger partial charge in [0.25, 0.3) is 0 Å². The minimum atomic E-state index is 0. The number of nitrogens with two attached hydrogens (primary N) is 1. The topological polar surface area (TPSA) is 95.3 Å². The Labute approximate surface area is 212 Å². The number of nitrogens with zero attached hydrogens (tertiary/aromatic N) is 5. The van der Waals surface area contributed by atoms with E-state index in [0.29, 0.717) is 24.3 Å². The second-order valence-electron chi connectivity index (χ2n) is 8.44. The third-order valence-corrected chi connectivity index (χ3v) is 6.57. The number of rotatable bonds is 6. The first kappa shape index (κ1) is 26.3. The Balaban J connectivity index is 0.00000363. The predicted octanol–water partition coefficient (Wildman–Crippen LogP) is 3.98. The summed E-state index contributed by atoms with van der Waals surface area (Å²) >= 11 is 2.01. The predicted molar refractivity (Wildman–Crippen MR) is 145 cm³/mol. The molecule has 1 aromatic heterocycles. The molecule has 0 aliphatic carbocycles. The van der Waals surface area contributed by atoms with Crippen LogP contribution in [0.4, 0.5) is 5.82 Å². The summed E-state index contributed by atoms with van der Waals surface area (Å²) in [4.78, 5) is 7.20. The van der Waals surface area contributed by atoms with Crippen LogP contribution < -0.4 is 11.1 Å². The van der Waals surface area contributed by atoms with Gasteiger partial charge in [0.2, 0.25) is 0 Å². The Morgan fingerprint density at radius 2 is 2.06 bits per heavy atom. The Morgan fingerprint density at radius 3 is 2.69 bits per heavy atom. The SMILES string of the molecule is CCNC(=NCCCc1nn(-c2ccc(C)cc2)c(N)c1C#N)N1CCSC(C)(C)C1.I. The number of benzene rings is 1. The minimum absolute atomic E-state index is 0. The molecule has 2 heterocycles. The van der Waals surface area contributed by atoms with Crippen LogP contribution in [0.5, 0.6) is 0 Å². The smallest absolute Gasteiger partial charge is 0.193 e. The molecule has 1 aromatic carbocycles. The maximum Gasteiger partial charge on any atom is 0.193 e. The number of hydrogen-bond donors (Lipinski definition) is 2. The average Bonchev–Trinajstić information content (AvgIpc) is 3.05. The van der Waals surface area contributed by atoms with E-state index in [1.807, 2.05) is 43.0 Å². The van der Waals surface area contributed by atoms with E-state index in [1.165, 1.54) is 5.56 Å². The number of nitrogens with one attached hydrogen (secondary N) is 1. The number of thioether (sulfide) groups is 1. The Kier molecular flexibility index (Phi) is 9.70. The van der Waals surface area contributed by atoms with Gasteiger partial charge in [-0.05, 0) is 52.7 Å². The molecule has 0 atom stereocenters. The third kappa shape index (κ3) is 6.54. The zero-order valence-corrected chi connectivity index (χ0v) is 22.5. The van der Waals surface area contributed by atoms with Gasteiger partial charge in [-0.1, -0.05) is 17.7 Å². The van der Waals surface area contributed by atoms with Crippen molar-refractivity contribution in [2.24, 2.45) is 4.99 Å². The molecule has 1 saturated heterocycles. The molecule has 1 aliphatic heterocycles. The lowest BCUT2D eigenvalue weighted by atomic mass is 10.1. The number of nitriles is 1. The second-order valence-corrected chi connectivity index (χ2v) is 10.2. The minimum Gasteiger partial charge on any atom is -0.382 e. The molecule has 7 nitrogen and oxygen atoms in total. The molecule has 3 N–H and O–H groups in total. The Morgan fingerprint density at radius 1 is 1.34 bits per heavy atom. The van der Waals surface area contributed by atoms with Crippen molar-refractivity contribution in [2.75, 3.05) is 37.7 Å². The fourth-order valence-corrected chi connectivity index (χ4v) is 4.82. The first-order chi connectivity index (χ1) is 14.8. The number of aliphatic imine (C=N–C) groups is 1. The first-order valence-electron chi connectivity index (χ1n) is 10.9. The van der Waals surface area contributed by atoms with Crippen LogP contribution in [0.15, 0.2) is 29.3 Å². The number of hydrogen-bond acceptors (Lipinski definition) is 5. The molecule has 0 saturated carbocycles. The van der Waals surface area contributed by atoms with Gasteiger partial charge in [0.05, 0.1) is 11.4 Å². The van der Waals surface area contributed by atoms with E-state index >= 15 is 0 Å². The van der Waals surface area contributed by atoms with E-state index in [4.69, 9.17) is 10.7 Å². The van der Waals surface area contributed by atoms with Crippen LogP contribution in [-0.4, -0.2) is 57.3 Å². The van der Waals surface area contributed by atoms with Crippen molar-refractivity contribution in [3.8, 4) is 11.8 Å². The molecule has 32 heavy (non-hydrogen) atoms. The van der Waals surface area contributed by atoms with Crippen LogP contribution in [0.2, 0.25) is 0 Å². The number of aromatic nitrogens is 2. The fraction of sp³-hybridized carbons (Fsp3) is 0.522. The largest absolute Gasteiger partial charge is 0.382 e. The van der Waals surface area contributed by atoms with E-state index < -0.39 is 0 Å². The van der Waals surface area contributed by atoms with Gasteiger partial charge in [-0.3, -0.25) is 4.99 Å². The zero-order chi connectivity index (χ0) is 22.4. The van der Waals surface area contributed by atoms with Crippen molar-refractivity contribution in [1.29, 1.82) is 5.26 Å². The summed E-state index contributed by atoms with van der Waals surface area (Å²) < 4.78 is 1.89. The highest BCUT2D eigenvalue weighted by Crippen LogP contribution is 2.29. The third-order valence-electron chi connectivity index (χ3n) is 5.28. The van der Waals surface area contributed by atoms with Gasteiger partial charge in [-0.2, -0.15) is 22.1 Å². The molecular formula is C23H34IN7S. The Hall–Kier alpha value is -1.93.